The van der Waals surface area contributed by atoms with Crippen LogP contribution in [0.4, 0.5) is 11.5 Å². The number of amides is 1. The zero-order chi connectivity index (χ0) is 15.2. The maximum Gasteiger partial charge on any atom is 0.259 e. The summed E-state index contributed by atoms with van der Waals surface area (Å²) in [6.45, 7) is 4.71. The highest BCUT2D eigenvalue weighted by Crippen LogP contribution is 2.20. The molecule has 0 atom stereocenters. The molecule has 0 radical (unpaired) electrons. The van der Waals surface area contributed by atoms with Gasteiger partial charge in [0.25, 0.3) is 5.91 Å². The van der Waals surface area contributed by atoms with Crippen LogP contribution in [0.25, 0.3) is 0 Å². The lowest BCUT2D eigenvalue weighted by Crippen LogP contribution is -2.16. The molecular weight excluding hydrogens is 332 g/mol. The van der Waals surface area contributed by atoms with Gasteiger partial charge in [-0.25, -0.2) is 4.98 Å². The van der Waals surface area contributed by atoms with Crippen LogP contribution < -0.4 is 10.6 Å². The molecule has 0 saturated heterocycles. The summed E-state index contributed by atoms with van der Waals surface area (Å²) in [5, 5.41) is 6.03. The standard InChI is InChI=1S/C15H17BrN4O/c1-3-5-18-14-13(8-11(16)9-19-14)15(21)20-12-4-6-17-10(2)7-12/h4,6-9H,3,5H2,1-2H3,(H,18,19)(H,17,20,21). The number of carbonyl (C=O) groups is 1. The van der Waals surface area contributed by atoms with E-state index < -0.39 is 0 Å². The smallest absolute Gasteiger partial charge is 0.259 e. The molecule has 0 aliphatic rings. The lowest BCUT2D eigenvalue weighted by atomic mass is 10.2. The normalized spacial score (nSPS) is 10.2. The molecule has 0 bridgehead atoms. The first-order chi connectivity index (χ1) is 10.1. The van der Waals surface area contributed by atoms with E-state index in [2.05, 4.69) is 43.5 Å². The molecule has 21 heavy (non-hydrogen) atoms. The largest absolute Gasteiger partial charge is 0.369 e. The maximum absolute atomic E-state index is 12.4. The first-order valence-electron chi connectivity index (χ1n) is 6.73. The summed E-state index contributed by atoms with van der Waals surface area (Å²) in [7, 11) is 0. The number of hydrogen-bond acceptors (Lipinski definition) is 4. The van der Waals surface area contributed by atoms with Gasteiger partial charge in [0.15, 0.2) is 0 Å². The van der Waals surface area contributed by atoms with Gasteiger partial charge in [0.1, 0.15) is 5.82 Å². The number of carbonyl (C=O) groups excluding carboxylic acids is 1. The van der Waals surface area contributed by atoms with Crippen molar-refractivity contribution in [2.75, 3.05) is 17.2 Å². The molecular formula is C15H17BrN4O. The number of pyridine rings is 2. The average Bonchev–Trinajstić information content (AvgIpc) is 2.46. The highest BCUT2D eigenvalue weighted by Gasteiger charge is 2.13. The Morgan fingerprint density at radius 3 is 2.86 bits per heavy atom. The van der Waals surface area contributed by atoms with Gasteiger partial charge in [-0.3, -0.25) is 9.78 Å². The zero-order valence-corrected chi connectivity index (χ0v) is 13.6. The maximum atomic E-state index is 12.4. The predicted molar refractivity (Wildman–Crippen MR) is 87.6 cm³/mol. The van der Waals surface area contributed by atoms with Crippen LogP contribution in [-0.4, -0.2) is 22.4 Å². The number of aromatic nitrogens is 2. The average molecular weight is 349 g/mol. The fraction of sp³-hybridized carbons (Fsp3) is 0.267. The number of aryl methyl sites for hydroxylation is 1. The summed E-state index contributed by atoms with van der Waals surface area (Å²) >= 11 is 3.35. The van der Waals surface area contributed by atoms with Crippen molar-refractivity contribution in [1.82, 2.24) is 9.97 Å². The Kier molecular flexibility index (Phi) is 5.27. The zero-order valence-electron chi connectivity index (χ0n) is 12.0. The van der Waals surface area contributed by atoms with Gasteiger partial charge in [0.2, 0.25) is 0 Å². The quantitative estimate of drug-likeness (QED) is 0.865. The van der Waals surface area contributed by atoms with Gasteiger partial charge in [0, 0.05) is 34.8 Å². The van der Waals surface area contributed by atoms with Gasteiger partial charge in [0.05, 0.1) is 5.56 Å². The van der Waals surface area contributed by atoms with Gasteiger partial charge < -0.3 is 10.6 Å². The van der Waals surface area contributed by atoms with E-state index in [1.54, 1.807) is 24.5 Å². The molecule has 110 valence electrons. The Morgan fingerprint density at radius 1 is 1.33 bits per heavy atom. The van der Waals surface area contributed by atoms with Crippen LogP contribution in [0.1, 0.15) is 29.4 Å². The SMILES string of the molecule is CCCNc1ncc(Br)cc1C(=O)Nc1ccnc(C)c1. The topological polar surface area (TPSA) is 66.9 Å². The van der Waals surface area contributed by atoms with Gasteiger partial charge in [-0.2, -0.15) is 0 Å². The minimum atomic E-state index is -0.201. The Morgan fingerprint density at radius 2 is 2.14 bits per heavy atom. The molecule has 0 fully saturated rings. The number of rotatable bonds is 5. The lowest BCUT2D eigenvalue weighted by molar-refractivity contribution is 0.102. The molecule has 0 aliphatic heterocycles. The third-order valence-electron chi connectivity index (χ3n) is 2.80. The molecule has 0 aliphatic carbocycles. The Labute approximate surface area is 132 Å². The van der Waals surface area contributed by atoms with Crippen molar-refractivity contribution in [3.63, 3.8) is 0 Å². The highest BCUT2D eigenvalue weighted by molar-refractivity contribution is 9.10. The Hall–Kier alpha value is -1.95. The molecule has 6 heteroatoms. The summed E-state index contributed by atoms with van der Waals surface area (Å²) in [6, 6.07) is 5.34. The van der Waals surface area contributed by atoms with Crippen LogP contribution in [0.15, 0.2) is 35.1 Å². The number of nitrogens with zero attached hydrogens (tertiary/aromatic N) is 2. The molecule has 2 rings (SSSR count). The van der Waals surface area contributed by atoms with Crippen LogP contribution in [0, 0.1) is 6.92 Å². The first kappa shape index (κ1) is 15.4. The van der Waals surface area contributed by atoms with Gasteiger partial charge in [-0.15, -0.1) is 0 Å². The van der Waals surface area contributed by atoms with Crippen molar-refractivity contribution >= 4 is 33.3 Å². The van der Waals surface area contributed by atoms with Gasteiger partial charge >= 0.3 is 0 Å². The van der Waals surface area contributed by atoms with Gasteiger partial charge in [-0.05, 0) is 47.5 Å². The minimum absolute atomic E-state index is 0.201. The fourth-order valence-electron chi connectivity index (χ4n) is 1.82. The molecule has 5 nitrogen and oxygen atoms in total. The van der Waals surface area contributed by atoms with Crippen molar-refractivity contribution in [3.05, 3.63) is 46.3 Å². The Balaban J connectivity index is 2.23. The summed E-state index contributed by atoms with van der Waals surface area (Å²) in [5.41, 5.74) is 2.07. The summed E-state index contributed by atoms with van der Waals surface area (Å²) in [6.07, 6.45) is 4.30. The molecule has 2 N–H and O–H groups in total. The van der Waals surface area contributed by atoms with E-state index in [0.717, 1.165) is 23.1 Å². The van der Waals surface area contributed by atoms with E-state index in [-0.39, 0.29) is 5.91 Å². The predicted octanol–water partition coefficient (Wildman–Crippen LogP) is 3.62. The van der Waals surface area contributed by atoms with Crippen LogP contribution in [0.2, 0.25) is 0 Å². The van der Waals surface area contributed by atoms with E-state index in [1.807, 2.05) is 13.0 Å². The molecule has 1 amide bonds. The molecule has 2 aromatic heterocycles. The van der Waals surface area contributed by atoms with Crippen LogP contribution in [0.3, 0.4) is 0 Å². The number of halogens is 1. The van der Waals surface area contributed by atoms with Crippen LogP contribution in [-0.2, 0) is 0 Å². The van der Waals surface area contributed by atoms with Crippen molar-refractivity contribution in [2.45, 2.75) is 20.3 Å². The van der Waals surface area contributed by atoms with Crippen molar-refractivity contribution in [3.8, 4) is 0 Å². The van der Waals surface area contributed by atoms with Crippen molar-refractivity contribution in [2.24, 2.45) is 0 Å². The molecule has 0 aromatic carbocycles. The van der Waals surface area contributed by atoms with Crippen LogP contribution in [0.5, 0.6) is 0 Å². The van der Waals surface area contributed by atoms with E-state index in [9.17, 15) is 4.79 Å². The number of nitrogens with one attached hydrogen (secondary N) is 2. The first-order valence-corrected chi connectivity index (χ1v) is 7.53. The van der Waals surface area contributed by atoms with Crippen LogP contribution >= 0.6 is 15.9 Å². The third-order valence-corrected chi connectivity index (χ3v) is 3.23. The monoisotopic (exact) mass is 348 g/mol. The highest BCUT2D eigenvalue weighted by atomic mass is 79.9. The summed E-state index contributed by atoms with van der Waals surface area (Å²) < 4.78 is 0.764. The number of anilines is 2. The molecule has 0 unspecified atom stereocenters. The second kappa shape index (κ2) is 7.17. The fourth-order valence-corrected chi connectivity index (χ4v) is 2.15. The Bertz CT molecular complexity index is 645. The van der Waals surface area contributed by atoms with E-state index in [1.165, 1.54) is 0 Å². The third kappa shape index (κ3) is 4.26. The van der Waals surface area contributed by atoms with E-state index in [0.29, 0.717) is 17.1 Å². The second-order valence-corrected chi connectivity index (χ2v) is 5.53. The van der Waals surface area contributed by atoms with E-state index >= 15 is 0 Å². The molecule has 2 aromatic rings. The minimum Gasteiger partial charge on any atom is -0.369 e. The molecule has 2 heterocycles. The van der Waals surface area contributed by atoms with Gasteiger partial charge in [-0.1, -0.05) is 6.92 Å². The second-order valence-electron chi connectivity index (χ2n) is 4.62. The van der Waals surface area contributed by atoms with E-state index in [4.69, 9.17) is 0 Å². The van der Waals surface area contributed by atoms with Crippen molar-refractivity contribution < 1.29 is 4.79 Å². The molecule has 0 spiro atoms. The number of hydrogen-bond donors (Lipinski definition) is 2. The summed E-state index contributed by atoms with van der Waals surface area (Å²) in [4.78, 5) is 20.8. The molecule has 0 saturated carbocycles. The van der Waals surface area contributed by atoms with Crippen molar-refractivity contribution in [1.29, 1.82) is 0 Å². The summed E-state index contributed by atoms with van der Waals surface area (Å²) in [5.74, 6) is 0.385. The lowest BCUT2D eigenvalue weighted by Gasteiger charge is -2.11.